The molecular formula is C59H58O16S. The van der Waals surface area contributed by atoms with Gasteiger partial charge in [-0.1, -0.05) is 133 Å². The second-order valence-electron chi connectivity index (χ2n) is 17.6. The lowest BCUT2D eigenvalue weighted by Crippen LogP contribution is -2.64. The molecule has 0 saturated carbocycles. The number of benzene rings is 6. The van der Waals surface area contributed by atoms with Gasteiger partial charge in [0.15, 0.2) is 37.0 Å². The Kier molecular flexibility index (Phi) is 19.9. The van der Waals surface area contributed by atoms with Gasteiger partial charge in [-0.15, -0.1) is 11.8 Å². The number of esters is 5. The van der Waals surface area contributed by atoms with Gasteiger partial charge in [-0.3, -0.25) is 9.59 Å². The van der Waals surface area contributed by atoms with E-state index in [0.717, 1.165) is 16.0 Å². The van der Waals surface area contributed by atoms with Crippen molar-refractivity contribution in [2.24, 2.45) is 0 Å². The lowest BCUT2D eigenvalue weighted by molar-refractivity contribution is -0.340. The molecule has 396 valence electrons. The Labute approximate surface area is 444 Å². The van der Waals surface area contributed by atoms with Gasteiger partial charge in [0.05, 0.1) is 36.0 Å². The minimum atomic E-state index is -1.60. The van der Waals surface area contributed by atoms with Gasteiger partial charge in [-0.2, -0.15) is 0 Å². The molecule has 0 aliphatic carbocycles. The first-order valence-electron chi connectivity index (χ1n) is 24.6. The van der Waals surface area contributed by atoms with Crippen LogP contribution in [0.15, 0.2) is 187 Å². The molecule has 76 heavy (non-hydrogen) atoms. The van der Waals surface area contributed by atoms with Crippen molar-refractivity contribution in [3.05, 3.63) is 210 Å². The van der Waals surface area contributed by atoms with Gasteiger partial charge >= 0.3 is 29.8 Å². The molecule has 2 aliphatic heterocycles. The summed E-state index contributed by atoms with van der Waals surface area (Å²) in [5, 5.41) is 0. The topological polar surface area (TPSA) is 187 Å². The second-order valence-corrected chi connectivity index (χ2v) is 18.7. The van der Waals surface area contributed by atoms with Crippen molar-refractivity contribution in [2.75, 3.05) is 26.1 Å². The third-order valence-electron chi connectivity index (χ3n) is 12.3. The Morgan fingerprint density at radius 1 is 0.474 bits per heavy atom. The van der Waals surface area contributed by atoms with Crippen LogP contribution >= 0.6 is 11.8 Å². The maximum Gasteiger partial charge on any atom is 0.338 e. The molecule has 0 radical (unpaired) electrons. The van der Waals surface area contributed by atoms with Crippen molar-refractivity contribution >= 4 is 41.6 Å². The van der Waals surface area contributed by atoms with E-state index in [-0.39, 0.29) is 29.9 Å². The highest BCUT2D eigenvalue weighted by atomic mass is 32.2. The second kappa shape index (κ2) is 27.5. The number of rotatable bonds is 22. The van der Waals surface area contributed by atoms with Crippen molar-refractivity contribution in [3.63, 3.8) is 0 Å². The summed E-state index contributed by atoms with van der Waals surface area (Å²) in [4.78, 5) is 68.9. The smallest absolute Gasteiger partial charge is 0.338 e. The summed E-state index contributed by atoms with van der Waals surface area (Å²) in [6.45, 7) is 1.65. The highest BCUT2D eigenvalue weighted by molar-refractivity contribution is 7.99. The zero-order chi connectivity index (χ0) is 53.2. The van der Waals surface area contributed by atoms with Gasteiger partial charge in [0.1, 0.15) is 31.0 Å². The van der Waals surface area contributed by atoms with E-state index in [4.69, 9.17) is 52.1 Å². The molecule has 0 N–H and O–H groups in total. The van der Waals surface area contributed by atoms with Crippen LogP contribution in [-0.4, -0.2) is 117 Å². The highest BCUT2D eigenvalue weighted by Gasteiger charge is 2.55. The molecule has 0 aromatic heterocycles. The van der Waals surface area contributed by atoms with Gasteiger partial charge in [-0.25, -0.2) is 14.4 Å². The summed E-state index contributed by atoms with van der Waals surface area (Å²) in [5.41, 5.74) is 2.03. The number of hydrogen-bond acceptors (Lipinski definition) is 17. The zero-order valence-corrected chi connectivity index (χ0v) is 42.8. The van der Waals surface area contributed by atoms with E-state index in [2.05, 4.69) is 0 Å². The van der Waals surface area contributed by atoms with Crippen molar-refractivity contribution in [2.45, 2.75) is 92.9 Å². The van der Waals surface area contributed by atoms with E-state index < -0.39 is 104 Å². The third kappa shape index (κ3) is 15.0. The lowest BCUT2D eigenvalue weighted by Gasteiger charge is -2.47. The molecule has 6 aromatic carbocycles. The van der Waals surface area contributed by atoms with Crippen LogP contribution in [0.2, 0.25) is 0 Å². The monoisotopic (exact) mass is 1050 g/mol. The molecule has 17 heteroatoms. The molecule has 11 atom stereocenters. The zero-order valence-electron chi connectivity index (χ0n) is 41.9. The van der Waals surface area contributed by atoms with E-state index in [1.54, 1.807) is 78.9 Å². The molecule has 0 amide bonds. The molecule has 2 saturated heterocycles. The van der Waals surface area contributed by atoms with Crippen LogP contribution in [0, 0.1) is 0 Å². The van der Waals surface area contributed by atoms with Crippen LogP contribution in [-0.2, 0) is 68.3 Å². The van der Waals surface area contributed by atoms with Gasteiger partial charge in [0, 0.05) is 31.6 Å². The summed E-state index contributed by atoms with van der Waals surface area (Å²) in [6, 6.07) is 52.9. The number of thioether (sulfide) groups is 1. The molecule has 2 aliphatic rings. The summed E-state index contributed by atoms with van der Waals surface area (Å²) < 4.78 is 70.0. The van der Waals surface area contributed by atoms with Gasteiger partial charge in [-0.05, 0) is 59.7 Å². The largest absolute Gasteiger partial charge is 0.463 e. The van der Waals surface area contributed by atoms with E-state index in [1.165, 1.54) is 44.9 Å². The van der Waals surface area contributed by atoms with Crippen LogP contribution in [0.4, 0.5) is 0 Å². The van der Waals surface area contributed by atoms with Crippen LogP contribution in [0.3, 0.4) is 0 Å². The minimum absolute atomic E-state index is 0.0370. The summed E-state index contributed by atoms with van der Waals surface area (Å²) in [6.07, 6.45) is -14.6. The standard InChI is InChI=1S/C59H58O16S/c1-38(60)66-35-46-49(67-34-40-22-10-4-11-23-40)51(69-39(2)61)54(70-48(41-24-12-5-13-25-41)37-76-45-32-20-9-21-33-45)59(72-46)68-36-47-50(73-55(62)42-26-14-6-15-27-42)52(74-56(63)43-28-16-7-17-29-43)53(58(65-3)71-47)75-57(64)44-30-18-8-19-31-44/h4-33,46-54,58-59H,34-37H2,1-3H3/t46-,47-,48-,49-,50-,51+,52+,53-,54-,58+,59+/m1/s1. The van der Waals surface area contributed by atoms with E-state index in [9.17, 15) is 24.0 Å². The summed E-state index contributed by atoms with van der Waals surface area (Å²) in [5.74, 6) is -3.42. The molecule has 2 fully saturated rings. The number of carbonyl (C=O) groups is 5. The molecule has 8 rings (SSSR count). The van der Waals surface area contributed by atoms with Gasteiger partial charge in [0.2, 0.25) is 0 Å². The van der Waals surface area contributed by atoms with Gasteiger partial charge < -0.3 is 52.1 Å². The van der Waals surface area contributed by atoms with Crippen molar-refractivity contribution in [3.8, 4) is 0 Å². The number of ether oxygens (including phenoxy) is 11. The number of carbonyl (C=O) groups excluding carboxylic acids is 5. The average molecular weight is 1060 g/mol. The van der Waals surface area contributed by atoms with Crippen molar-refractivity contribution in [1.29, 1.82) is 0 Å². The van der Waals surface area contributed by atoms with Crippen molar-refractivity contribution in [1.82, 2.24) is 0 Å². The van der Waals surface area contributed by atoms with Gasteiger partial charge in [0.25, 0.3) is 0 Å². The Morgan fingerprint density at radius 3 is 1.46 bits per heavy atom. The first-order valence-corrected chi connectivity index (χ1v) is 25.6. The SMILES string of the molecule is CO[C@H]1O[C@H](CO[C@H]2O[C@H](COC(C)=O)[C@@H](OCc3ccccc3)[C@H](OC(C)=O)[C@H]2O[C@H](CSc2ccccc2)c2ccccc2)[C@@H](OC(=O)c2ccccc2)[C@H](OC(=O)c2ccccc2)[C@H]1OC(=O)c1ccccc1. The molecule has 6 aromatic rings. The maximum absolute atomic E-state index is 14.2. The summed E-state index contributed by atoms with van der Waals surface area (Å²) >= 11 is 1.53. The Bertz CT molecular complexity index is 2780. The number of methoxy groups -OCH3 is 1. The predicted molar refractivity (Wildman–Crippen MR) is 276 cm³/mol. The predicted octanol–water partition coefficient (Wildman–Crippen LogP) is 8.78. The fourth-order valence-corrected chi connectivity index (χ4v) is 9.60. The molecule has 0 unspecified atom stereocenters. The molecule has 2 heterocycles. The maximum atomic E-state index is 14.2. The number of hydrogen-bond donors (Lipinski definition) is 0. The first-order chi connectivity index (χ1) is 37.0. The minimum Gasteiger partial charge on any atom is -0.463 e. The van der Waals surface area contributed by atoms with Crippen LogP contribution in [0.1, 0.15) is 62.2 Å². The molecule has 0 bridgehead atoms. The van der Waals surface area contributed by atoms with E-state index in [0.29, 0.717) is 5.75 Å². The van der Waals surface area contributed by atoms with E-state index in [1.807, 2.05) is 91.0 Å². The third-order valence-corrected chi connectivity index (χ3v) is 13.3. The average Bonchev–Trinajstić information content (AvgIpc) is 3.45. The summed E-state index contributed by atoms with van der Waals surface area (Å²) in [7, 11) is 1.31. The van der Waals surface area contributed by atoms with E-state index >= 15 is 0 Å². The fourth-order valence-electron chi connectivity index (χ4n) is 8.64. The molecule has 16 nitrogen and oxygen atoms in total. The molecular weight excluding hydrogens is 997 g/mol. The van der Waals surface area contributed by atoms with Crippen molar-refractivity contribution < 1.29 is 76.1 Å². The van der Waals surface area contributed by atoms with Crippen LogP contribution < -0.4 is 0 Å². The van der Waals surface area contributed by atoms with Crippen LogP contribution in [0.25, 0.3) is 0 Å². The normalized spacial score (nSPS) is 23.5. The first kappa shape index (κ1) is 55.0. The highest BCUT2D eigenvalue weighted by Crippen LogP contribution is 2.38. The quantitative estimate of drug-likeness (QED) is 0.0356. The molecule has 0 spiro atoms. The van der Waals surface area contributed by atoms with Crippen LogP contribution in [0.5, 0.6) is 0 Å². The lowest BCUT2D eigenvalue weighted by atomic mass is 9.96. The Hall–Kier alpha value is -7.22. The Balaban J connectivity index is 1.19. The Morgan fingerprint density at radius 2 is 0.934 bits per heavy atom. The fraction of sp³-hybridized carbons (Fsp3) is 0.305.